The number of carbonyl (C=O) groups is 1. The fourth-order valence-corrected chi connectivity index (χ4v) is 1.69. The lowest BCUT2D eigenvalue weighted by Gasteiger charge is -2.12. The quantitative estimate of drug-likeness (QED) is 0.924. The fraction of sp³-hybridized carbons (Fsp3) is 0.125. The number of nitriles is 1. The van der Waals surface area contributed by atoms with E-state index in [4.69, 9.17) is 10.00 Å². The highest BCUT2D eigenvalue weighted by molar-refractivity contribution is 6.06. The van der Waals surface area contributed by atoms with Crippen LogP contribution in [0.4, 0.5) is 5.69 Å². The molecule has 100 valence electrons. The molecule has 2 rings (SSSR count). The van der Waals surface area contributed by atoms with Gasteiger partial charge in [0.05, 0.1) is 5.56 Å². The van der Waals surface area contributed by atoms with Crippen molar-refractivity contribution in [3.05, 3.63) is 60.2 Å². The molecule has 0 aliphatic heterocycles. The van der Waals surface area contributed by atoms with Crippen molar-refractivity contribution in [2.24, 2.45) is 0 Å². The molecule has 0 saturated carbocycles. The Morgan fingerprint density at radius 1 is 1.15 bits per heavy atom. The first-order valence-corrected chi connectivity index (χ1v) is 6.22. The Hall–Kier alpha value is -2.80. The summed E-state index contributed by atoms with van der Waals surface area (Å²) in [6, 6.07) is 18.0. The molecule has 0 heterocycles. The molecule has 0 fully saturated rings. The minimum Gasteiger partial charge on any atom is -0.475 e. The van der Waals surface area contributed by atoms with Crippen LogP contribution in [-0.4, -0.2) is 12.0 Å². The molecule has 0 unspecified atom stereocenters. The molecule has 20 heavy (non-hydrogen) atoms. The van der Waals surface area contributed by atoms with E-state index in [0.717, 1.165) is 0 Å². The maximum atomic E-state index is 12.2. The fourth-order valence-electron chi connectivity index (χ4n) is 1.69. The van der Waals surface area contributed by atoms with Gasteiger partial charge in [0, 0.05) is 5.69 Å². The molecule has 1 amide bonds. The Kier molecular flexibility index (Phi) is 4.35. The Balaban J connectivity index is 2.20. The van der Waals surface area contributed by atoms with E-state index in [1.807, 2.05) is 24.3 Å². The van der Waals surface area contributed by atoms with Crippen LogP contribution in [0, 0.1) is 11.3 Å². The monoisotopic (exact) mass is 266 g/mol. The second kappa shape index (κ2) is 6.39. The molecule has 2 aromatic carbocycles. The summed E-state index contributed by atoms with van der Waals surface area (Å²) < 4.78 is 5.43. The number of para-hydroxylation sites is 2. The van der Waals surface area contributed by atoms with E-state index in [9.17, 15) is 4.79 Å². The minimum atomic E-state index is -0.610. The van der Waals surface area contributed by atoms with Crippen LogP contribution in [-0.2, 0) is 0 Å². The third kappa shape index (κ3) is 3.36. The predicted octanol–water partition coefficient (Wildman–Crippen LogP) is 3.23. The second-order valence-electron chi connectivity index (χ2n) is 4.21. The van der Waals surface area contributed by atoms with Crippen LogP contribution in [0.2, 0.25) is 0 Å². The lowest BCUT2D eigenvalue weighted by Crippen LogP contribution is -2.16. The summed E-state index contributed by atoms with van der Waals surface area (Å²) >= 11 is 0. The molecule has 0 saturated heterocycles. The molecule has 0 aliphatic rings. The number of hydrogen-bond acceptors (Lipinski definition) is 3. The van der Waals surface area contributed by atoms with Crippen molar-refractivity contribution in [1.29, 1.82) is 5.26 Å². The van der Waals surface area contributed by atoms with Crippen LogP contribution < -0.4 is 10.1 Å². The van der Waals surface area contributed by atoms with Gasteiger partial charge in [0.1, 0.15) is 11.8 Å². The van der Waals surface area contributed by atoms with E-state index >= 15 is 0 Å². The van der Waals surface area contributed by atoms with E-state index in [-0.39, 0.29) is 5.91 Å². The number of hydrogen-bond donors (Lipinski definition) is 1. The van der Waals surface area contributed by atoms with Crippen LogP contribution in [0.1, 0.15) is 17.3 Å². The standard InChI is InChI=1S/C16H14N2O2/c1-12(11-17)20-15-10-6-5-9-14(15)16(19)18-13-7-3-2-4-8-13/h2-10,12H,1H3,(H,18,19)/t12-/m1/s1. The van der Waals surface area contributed by atoms with Crippen molar-refractivity contribution in [3.63, 3.8) is 0 Å². The van der Waals surface area contributed by atoms with Crippen LogP contribution in [0.3, 0.4) is 0 Å². The van der Waals surface area contributed by atoms with Crippen molar-refractivity contribution in [2.75, 3.05) is 5.32 Å². The maximum absolute atomic E-state index is 12.2. The first kappa shape index (κ1) is 13.6. The number of benzene rings is 2. The highest BCUT2D eigenvalue weighted by atomic mass is 16.5. The highest BCUT2D eigenvalue weighted by Gasteiger charge is 2.14. The number of ether oxygens (including phenoxy) is 1. The Bertz CT molecular complexity index is 632. The van der Waals surface area contributed by atoms with Gasteiger partial charge in [-0.25, -0.2) is 0 Å². The van der Waals surface area contributed by atoms with Gasteiger partial charge in [0.25, 0.3) is 5.91 Å². The van der Waals surface area contributed by atoms with E-state index in [1.54, 1.807) is 43.3 Å². The van der Waals surface area contributed by atoms with Gasteiger partial charge in [0.15, 0.2) is 6.10 Å². The van der Waals surface area contributed by atoms with Gasteiger partial charge in [-0.3, -0.25) is 4.79 Å². The van der Waals surface area contributed by atoms with E-state index in [2.05, 4.69) is 5.32 Å². The topological polar surface area (TPSA) is 62.1 Å². The minimum absolute atomic E-state index is 0.267. The number of anilines is 1. The summed E-state index contributed by atoms with van der Waals surface area (Å²) in [5, 5.41) is 11.6. The Labute approximate surface area is 117 Å². The van der Waals surface area contributed by atoms with Crippen molar-refractivity contribution in [3.8, 4) is 11.8 Å². The zero-order chi connectivity index (χ0) is 14.4. The molecule has 2 aromatic rings. The van der Waals surface area contributed by atoms with Gasteiger partial charge in [-0.15, -0.1) is 0 Å². The smallest absolute Gasteiger partial charge is 0.259 e. The number of amides is 1. The van der Waals surface area contributed by atoms with Crippen molar-refractivity contribution in [1.82, 2.24) is 0 Å². The van der Waals surface area contributed by atoms with Crippen LogP contribution in [0.25, 0.3) is 0 Å². The zero-order valence-corrected chi connectivity index (χ0v) is 11.0. The van der Waals surface area contributed by atoms with Gasteiger partial charge in [-0.2, -0.15) is 5.26 Å². The summed E-state index contributed by atoms with van der Waals surface area (Å²) in [5.41, 5.74) is 1.11. The Morgan fingerprint density at radius 2 is 1.80 bits per heavy atom. The first-order valence-electron chi connectivity index (χ1n) is 6.22. The van der Waals surface area contributed by atoms with E-state index < -0.39 is 6.10 Å². The number of carbonyl (C=O) groups excluding carboxylic acids is 1. The SMILES string of the molecule is C[C@H](C#N)Oc1ccccc1C(=O)Nc1ccccc1. The molecule has 0 radical (unpaired) electrons. The summed E-state index contributed by atoms with van der Waals surface area (Å²) in [6.45, 7) is 1.63. The summed E-state index contributed by atoms with van der Waals surface area (Å²) in [5.74, 6) is 0.131. The summed E-state index contributed by atoms with van der Waals surface area (Å²) in [4.78, 5) is 12.2. The normalized spacial score (nSPS) is 11.2. The largest absolute Gasteiger partial charge is 0.475 e. The second-order valence-corrected chi connectivity index (χ2v) is 4.21. The molecular weight excluding hydrogens is 252 g/mol. The maximum Gasteiger partial charge on any atom is 0.259 e. The van der Waals surface area contributed by atoms with Crippen LogP contribution >= 0.6 is 0 Å². The van der Waals surface area contributed by atoms with E-state index in [1.165, 1.54) is 0 Å². The average molecular weight is 266 g/mol. The van der Waals surface area contributed by atoms with Gasteiger partial charge in [-0.05, 0) is 31.2 Å². The van der Waals surface area contributed by atoms with Crippen molar-refractivity contribution >= 4 is 11.6 Å². The molecule has 4 heteroatoms. The number of nitrogens with one attached hydrogen (secondary N) is 1. The molecule has 0 aliphatic carbocycles. The number of rotatable bonds is 4. The summed E-state index contributed by atoms with van der Waals surface area (Å²) in [6.07, 6.45) is -0.610. The lowest BCUT2D eigenvalue weighted by atomic mass is 10.1. The van der Waals surface area contributed by atoms with Crippen LogP contribution in [0.15, 0.2) is 54.6 Å². The van der Waals surface area contributed by atoms with E-state index in [0.29, 0.717) is 17.0 Å². The molecule has 1 atom stereocenters. The zero-order valence-electron chi connectivity index (χ0n) is 11.0. The Morgan fingerprint density at radius 3 is 2.50 bits per heavy atom. The van der Waals surface area contributed by atoms with Crippen molar-refractivity contribution < 1.29 is 9.53 Å². The molecule has 0 spiro atoms. The van der Waals surface area contributed by atoms with Gasteiger partial charge >= 0.3 is 0 Å². The average Bonchev–Trinajstić information content (AvgIpc) is 2.48. The number of nitrogens with zero attached hydrogens (tertiary/aromatic N) is 1. The summed E-state index contributed by atoms with van der Waals surface area (Å²) in [7, 11) is 0. The third-order valence-electron chi connectivity index (χ3n) is 2.65. The molecule has 0 bridgehead atoms. The molecular formula is C16H14N2O2. The van der Waals surface area contributed by atoms with Gasteiger partial charge in [0.2, 0.25) is 0 Å². The molecule has 1 N–H and O–H groups in total. The molecule has 4 nitrogen and oxygen atoms in total. The third-order valence-corrected chi connectivity index (χ3v) is 2.65. The van der Waals surface area contributed by atoms with Crippen LogP contribution in [0.5, 0.6) is 5.75 Å². The first-order chi connectivity index (χ1) is 9.70. The van der Waals surface area contributed by atoms with Crippen molar-refractivity contribution in [2.45, 2.75) is 13.0 Å². The molecule has 0 aromatic heterocycles. The highest BCUT2D eigenvalue weighted by Crippen LogP contribution is 2.20. The van der Waals surface area contributed by atoms with Gasteiger partial charge < -0.3 is 10.1 Å². The predicted molar refractivity (Wildman–Crippen MR) is 76.5 cm³/mol. The lowest BCUT2D eigenvalue weighted by molar-refractivity contribution is 0.102. The van der Waals surface area contributed by atoms with Gasteiger partial charge in [-0.1, -0.05) is 30.3 Å².